The number of benzene rings is 8. The highest BCUT2D eigenvalue weighted by Crippen LogP contribution is 2.50. The maximum atomic E-state index is 5.96. The molecule has 13 rings (SSSR count). The summed E-state index contributed by atoms with van der Waals surface area (Å²) in [4.78, 5) is 8.41. The standard InChI is InChI=1S/C57H44N4/c1-56(2,3)35-28-41-42-30-36(57(4,5)6)31-48(59(37-19-9-7-10-20-37)38-21-11-8-12-22-38)53(42)61-52(41)43(29-35)44-32-47-51(58-55(44)61)50-40-24-16-14-18-34(40)27-45-49-39-23-15-13-17-33(39)25-26-46(49)60(47)54(45)50/h7-32H,1-6H3. The maximum Gasteiger partial charge on any atom is 0.146 e. The fourth-order valence-corrected chi connectivity index (χ4v) is 10.6. The summed E-state index contributed by atoms with van der Waals surface area (Å²) in [5, 5.41) is 13.8. The van der Waals surface area contributed by atoms with E-state index in [1.807, 2.05) is 0 Å². The lowest BCUT2D eigenvalue weighted by atomic mass is 9.84. The van der Waals surface area contributed by atoms with Gasteiger partial charge in [0, 0.05) is 49.1 Å². The number of aromatic nitrogens is 3. The molecule has 61 heavy (non-hydrogen) atoms. The number of fused-ring (bicyclic) bond motifs is 16. The van der Waals surface area contributed by atoms with Crippen molar-refractivity contribution in [2.24, 2.45) is 0 Å². The van der Waals surface area contributed by atoms with E-state index in [2.05, 4.69) is 213 Å². The van der Waals surface area contributed by atoms with Crippen LogP contribution in [0, 0.1) is 0 Å². The number of rotatable bonds is 3. The zero-order valence-corrected chi connectivity index (χ0v) is 35.3. The van der Waals surface area contributed by atoms with Gasteiger partial charge in [0.2, 0.25) is 0 Å². The van der Waals surface area contributed by atoms with E-state index in [0.29, 0.717) is 0 Å². The highest BCUT2D eigenvalue weighted by molar-refractivity contribution is 6.35. The minimum absolute atomic E-state index is 0.0738. The summed E-state index contributed by atoms with van der Waals surface area (Å²) < 4.78 is 5.04. The van der Waals surface area contributed by atoms with E-state index in [1.165, 1.54) is 92.4 Å². The lowest BCUT2D eigenvalue weighted by molar-refractivity contribution is 0.591. The van der Waals surface area contributed by atoms with Crippen LogP contribution in [0.2, 0.25) is 0 Å². The van der Waals surface area contributed by atoms with Crippen LogP contribution in [0.4, 0.5) is 17.1 Å². The molecule has 4 heteroatoms. The summed E-state index contributed by atoms with van der Waals surface area (Å²) in [5.41, 5.74) is 13.9. The molecule has 0 bridgehead atoms. The van der Waals surface area contributed by atoms with Crippen LogP contribution in [-0.2, 0) is 10.8 Å². The summed E-state index contributed by atoms with van der Waals surface area (Å²) in [6, 6.07) is 58.7. The molecule has 0 fully saturated rings. The second-order valence-electron chi connectivity index (χ2n) is 19.3. The van der Waals surface area contributed by atoms with Gasteiger partial charge in [0.25, 0.3) is 0 Å². The third kappa shape index (κ3) is 4.62. The first kappa shape index (κ1) is 34.7. The fraction of sp³-hybridized carbons (Fsp3) is 0.140. The zero-order chi connectivity index (χ0) is 41.1. The Morgan fingerprint density at radius 3 is 1.62 bits per heavy atom. The van der Waals surface area contributed by atoms with Crippen LogP contribution in [0.25, 0.3) is 98.0 Å². The monoisotopic (exact) mass is 784 g/mol. The summed E-state index contributed by atoms with van der Waals surface area (Å²) in [5.74, 6) is 0. The maximum absolute atomic E-state index is 5.96. The van der Waals surface area contributed by atoms with Gasteiger partial charge in [-0.1, -0.05) is 133 Å². The number of pyridine rings is 1. The lowest BCUT2D eigenvalue weighted by Gasteiger charge is -2.29. The van der Waals surface area contributed by atoms with Gasteiger partial charge in [0.05, 0.1) is 38.8 Å². The van der Waals surface area contributed by atoms with Gasteiger partial charge in [-0.15, -0.1) is 0 Å². The molecule has 8 aromatic carbocycles. The van der Waals surface area contributed by atoms with Gasteiger partial charge in [-0.2, -0.15) is 0 Å². The van der Waals surface area contributed by atoms with Crippen molar-refractivity contribution in [3.05, 3.63) is 169 Å². The van der Waals surface area contributed by atoms with Crippen molar-refractivity contribution >= 4 is 115 Å². The molecule has 0 unspecified atom stereocenters. The first-order valence-electron chi connectivity index (χ1n) is 21.6. The summed E-state index contributed by atoms with van der Waals surface area (Å²) in [7, 11) is 0. The molecule has 0 aliphatic rings. The molecule has 0 radical (unpaired) electrons. The van der Waals surface area contributed by atoms with E-state index >= 15 is 0 Å². The molecule has 0 aliphatic carbocycles. The van der Waals surface area contributed by atoms with Gasteiger partial charge in [-0.05, 0) is 110 Å². The first-order chi connectivity index (χ1) is 29.5. The number of anilines is 3. The Balaban J connectivity index is 1.28. The van der Waals surface area contributed by atoms with Gasteiger partial charge in [-0.25, -0.2) is 4.98 Å². The van der Waals surface area contributed by atoms with E-state index in [0.717, 1.165) is 33.7 Å². The number of hydrogen-bond donors (Lipinski definition) is 0. The van der Waals surface area contributed by atoms with Crippen molar-refractivity contribution in [2.75, 3.05) is 4.90 Å². The Kier molecular flexibility index (Phi) is 6.69. The molecular weight excluding hydrogens is 741 g/mol. The Morgan fingerprint density at radius 1 is 0.410 bits per heavy atom. The Morgan fingerprint density at radius 2 is 0.967 bits per heavy atom. The Bertz CT molecular complexity index is 3890. The summed E-state index contributed by atoms with van der Waals surface area (Å²) in [6.07, 6.45) is 0. The van der Waals surface area contributed by atoms with Crippen molar-refractivity contribution < 1.29 is 0 Å². The van der Waals surface area contributed by atoms with Crippen LogP contribution in [0.5, 0.6) is 0 Å². The highest BCUT2D eigenvalue weighted by Gasteiger charge is 2.30. The van der Waals surface area contributed by atoms with E-state index in [-0.39, 0.29) is 10.8 Å². The molecule has 0 aliphatic heterocycles. The van der Waals surface area contributed by atoms with Gasteiger partial charge < -0.3 is 9.30 Å². The van der Waals surface area contributed by atoms with Crippen LogP contribution < -0.4 is 4.90 Å². The van der Waals surface area contributed by atoms with Gasteiger partial charge in [-0.3, -0.25) is 4.40 Å². The van der Waals surface area contributed by atoms with Crippen LogP contribution in [0.3, 0.4) is 0 Å². The summed E-state index contributed by atoms with van der Waals surface area (Å²) in [6.45, 7) is 14.0. The fourth-order valence-electron chi connectivity index (χ4n) is 10.6. The normalized spacial score (nSPS) is 13.1. The van der Waals surface area contributed by atoms with E-state index < -0.39 is 0 Å². The molecule has 4 nitrogen and oxygen atoms in total. The molecule has 0 saturated carbocycles. The number of para-hydroxylation sites is 2. The van der Waals surface area contributed by atoms with Crippen molar-refractivity contribution in [1.82, 2.24) is 13.8 Å². The first-order valence-corrected chi connectivity index (χ1v) is 21.6. The largest absolute Gasteiger partial charge is 0.308 e. The molecule has 292 valence electrons. The average Bonchev–Trinajstić information content (AvgIpc) is 3.98. The molecule has 0 amide bonds. The van der Waals surface area contributed by atoms with Crippen LogP contribution in [0.1, 0.15) is 52.7 Å². The van der Waals surface area contributed by atoms with Gasteiger partial charge in [0.1, 0.15) is 5.65 Å². The molecular formula is C57H44N4. The quantitative estimate of drug-likeness (QED) is 0.178. The second kappa shape index (κ2) is 11.8. The second-order valence-corrected chi connectivity index (χ2v) is 19.3. The predicted octanol–water partition coefficient (Wildman–Crippen LogP) is 15.8. The average molecular weight is 785 g/mol. The predicted molar refractivity (Wildman–Crippen MR) is 261 cm³/mol. The van der Waals surface area contributed by atoms with Crippen LogP contribution in [0.15, 0.2) is 158 Å². The topological polar surface area (TPSA) is 25.0 Å². The van der Waals surface area contributed by atoms with Gasteiger partial charge in [0.15, 0.2) is 0 Å². The lowest BCUT2D eigenvalue weighted by Crippen LogP contribution is -2.15. The minimum Gasteiger partial charge on any atom is -0.308 e. The van der Waals surface area contributed by atoms with Gasteiger partial charge >= 0.3 is 0 Å². The molecule has 0 spiro atoms. The number of nitrogens with zero attached hydrogens (tertiary/aromatic N) is 4. The summed E-state index contributed by atoms with van der Waals surface area (Å²) >= 11 is 0. The molecule has 5 heterocycles. The molecule has 0 atom stereocenters. The SMILES string of the molecule is CC(C)(C)c1cc(N(c2ccccc2)c2ccccc2)c2c(c1)c1cc(C(C)(C)C)cc3c4cc5c(nc4n2c31)c1c2ccccc2cc2c3c4ccccc4ccc3n5c21. The van der Waals surface area contributed by atoms with Crippen LogP contribution >= 0.6 is 0 Å². The van der Waals surface area contributed by atoms with Crippen molar-refractivity contribution in [3.8, 4) is 0 Å². The molecule has 13 aromatic rings. The third-order valence-electron chi connectivity index (χ3n) is 13.6. The van der Waals surface area contributed by atoms with E-state index in [1.54, 1.807) is 0 Å². The zero-order valence-electron chi connectivity index (χ0n) is 35.3. The smallest absolute Gasteiger partial charge is 0.146 e. The molecule has 0 N–H and O–H groups in total. The minimum atomic E-state index is -0.0940. The number of hydrogen-bond acceptors (Lipinski definition) is 2. The molecule has 0 saturated heterocycles. The third-order valence-corrected chi connectivity index (χ3v) is 13.6. The van der Waals surface area contributed by atoms with Crippen LogP contribution in [-0.4, -0.2) is 13.8 Å². The van der Waals surface area contributed by atoms with E-state index in [4.69, 9.17) is 4.98 Å². The Hall–Kier alpha value is -7.17. The van der Waals surface area contributed by atoms with E-state index in [9.17, 15) is 0 Å². The Labute approximate surface area is 353 Å². The molecule has 5 aromatic heterocycles. The van der Waals surface area contributed by atoms with Crippen molar-refractivity contribution in [1.29, 1.82) is 0 Å². The van der Waals surface area contributed by atoms with Crippen molar-refractivity contribution in [3.63, 3.8) is 0 Å². The van der Waals surface area contributed by atoms with Crippen molar-refractivity contribution in [2.45, 2.75) is 52.4 Å². The highest BCUT2D eigenvalue weighted by atomic mass is 15.2.